The van der Waals surface area contributed by atoms with E-state index in [1.54, 1.807) is 4.90 Å². The molecule has 1 N–H and O–H groups in total. The maximum absolute atomic E-state index is 12.0. The normalized spacial score (nSPS) is 26.8. The van der Waals surface area contributed by atoms with Crippen LogP contribution in [0.25, 0.3) is 0 Å². The lowest BCUT2D eigenvalue weighted by atomic mass is 10.0. The zero-order valence-corrected chi connectivity index (χ0v) is 13.9. The number of ether oxygens (including phenoxy) is 1. The van der Waals surface area contributed by atoms with E-state index in [1.807, 2.05) is 20.8 Å². The van der Waals surface area contributed by atoms with Crippen LogP contribution < -0.4 is 5.32 Å². The van der Waals surface area contributed by atoms with Crippen LogP contribution in [0.3, 0.4) is 0 Å². The van der Waals surface area contributed by atoms with Gasteiger partial charge in [-0.25, -0.2) is 13.2 Å². The first kappa shape index (κ1) is 16.5. The Kier molecular flexibility index (Phi) is 4.82. The maximum atomic E-state index is 12.0. The molecule has 0 aromatic heterocycles. The summed E-state index contributed by atoms with van der Waals surface area (Å²) in [6, 6.07) is 0.370. The van der Waals surface area contributed by atoms with E-state index < -0.39 is 15.4 Å². The van der Waals surface area contributed by atoms with Crippen LogP contribution in [0.4, 0.5) is 4.79 Å². The molecule has 2 aliphatic heterocycles. The monoisotopic (exact) mass is 318 g/mol. The zero-order chi connectivity index (χ0) is 15.7. The molecule has 2 heterocycles. The van der Waals surface area contributed by atoms with Gasteiger partial charge in [-0.15, -0.1) is 0 Å². The van der Waals surface area contributed by atoms with Gasteiger partial charge in [-0.05, 0) is 40.0 Å². The highest BCUT2D eigenvalue weighted by Gasteiger charge is 2.32. The Morgan fingerprint density at radius 2 is 1.76 bits per heavy atom. The number of nitrogens with zero attached hydrogens (tertiary/aromatic N) is 1. The van der Waals surface area contributed by atoms with E-state index in [9.17, 15) is 13.2 Å². The molecule has 1 atom stereocenters. The number of hydrogen-bond acceptors (Lipinski definition) is 5. The molecule has 0 unspecified atom stereocenters. The molecular weight excluding hydrogens is 292 g/mol. The first-order valence-electron chi connectivity index (χ1n) is 7.59. The Morgan fingerprint density at radius 1 is 1.14 bits per heavy atom. The molecule has 0 spiro atoms. The fraction of sp³-hybridized carbons (Fsp3) is 0.929. The molecular formula is C14H26N2O4S. The van der Waals surface area contributed by atoms with E-state index in [1.165, 1.54) is 0 Å². The number of piperidine rings is 1. The van der Waals surface area contributed by atoms with Gasteiger partial charge in [-0.1, -0.05) is 0 Å². The summed E-state index contributed by atoms with van der Waals surface area (Å²) in [7, 11) is -2.84. The minimum atomic E-state index is -2.84. The Bertz CT molecular complexity index is 476. The van der Waals surface area contributed by atoms with Gasteiger partial charge in [-0.3, -0.25) is 0 Å². The Morgan fingerprint density at radius 3 is 2.24 bits per heavy atom. The Hall–Kier alpha value is -0.820. The summed E-state index contributed by atoms with van der Waals surface area (Å²) >= 11 is 0. The molecule has 6 nitrogen and oxygen atoms in total. The molecule has 2 rings (SSSR count). The highest BCUT2D eigenvalue weighted by Crippen LogP contribution is 2.18. The van der Waals surface area contributed by atoms with Crippen LogP contribution in [-0.2, 0) is 14.6 Å². The predicted molar refractivity (Wildman–Crippen MR) is 81.0 cm³/mol. The van der Waals surface area contributed by atoms with E-state index in [-0.39, 0.29) is 17.9 Å². The van der Waals surface area contributed by atoms with E-state index in [4.69, 9.17) is 4.74 Å². The fourth-order valence-corrected chi connectivity index (χ4v) is 4.50. The molecule has 2 fully saturated rings. The van der Waals surface area contributed by atoms with Crippen molar-refractivity contribution in [2.75, 3.05) is 24.6 Å². The summed E-state index contributed by atoms with van der Waals surface area (Å²) in [5.41, 5.74) is -0.468. The third-order valence-corrected chi connectivity index (χ3v) is 5.62. The lowest BCUT2D eigenvalue weighted by molar-refractivity contribution is 0.0196. The molecule has 21 heavy (non-hydrogen) atoms. The third kappa shape index (κ3) is 5.14. The van der Waals surface area contributed by atoms with Crippen LogP contribution in [0, 0.1) is 0 Å². The van der Waals surface area contributed by atoms with E-state index in [0.29, 0.717) is 31.3 Å². The number of likely N-dealkylation sites (tertiary alicyclic amines) is 1. The topological polar surface area (TPSA) is 75.7 Å². The van der Waals surface area contributed by atoms with Crippen molar-refractivity contribution < 1.29 is 17.9 Å². The molecule has 2 saturated heterocycles. The van der Waals surface area contributed by atoms with Crippen molar-refractivity contribution >= 4 is 15.9 Å². The van der Waals surface area contributed by atoms with E-state index in [2.05, 4.69) is 5.32 Å². The van der Waals surface area contributed by atoms with Gasteiger partial charge >= 0.3 is 6.09 Å². The van der Waals surface area contributed by atoms with Crippen molar-refractivity contribution in [3.05, 3.63) is 0 Å². The molecule has 2 aliphatic rings. The number of amides is 1. The van der Waals surface area contributed by atoms with Crippen molar-refractivity contribution in [1.82, 2.24) is 10.2 Å². The molecule has 0 radical (unpaired) electrons. The van der Waals surface area contributed by atoms with Gasteiger partial charge in [0.25, 0.3) is 0 Å². The lowest BCUT2D eigenvalue weighted by Gasteiger charge is -2.34. The number of rotatable bonds is 2. The summed E-state index contributed by atoms with van der Waals surface area (Å²) < 4.78 is 28.3. The fourth-order valence-electron chi connectivity index (χ4n) is 2.81. The van der Waals surface area contributed by atoms with Crippen molar-refractivity contribution in [3.8, 4) is 0 Å². The first-order chi connectivity index (χ1) is 9.65. The van der Waals surface area contributed by atoms with Crippen LogP contribution in [0.5, 0.6) is 0 Å². The second-order valence-corrected chi connectivity index (χ2v) is 9.24. The molecule has 7 heteroatoms. The lowest BCUT2D eigenvalue weighted by Crippen LogP contribution is -2.49. The first-order valence-corrected chi connectivity index (χ1v) is 9.41. The summed E-state index contributed by atoms with van der Waals surface area (Å²) in [4.78, 5) is 13.7. The van der Waals surface area contributed by atoms with Gasteiger partial charge in [-0.2, -0.15) is 0 Å². The zero-order valence-electron chi connectivity index (χ0n) is 13.1. The number of nitrogens with one attached hydrogen (secondary N) is 1. The van der Waals surface area contributed by atoms with Crippen molar-refractivity contribution in [2.24, 2.45) is 0 Å². The molecule has 0 bridgehead atoms. The van der Waals surface area contributed by atoms with Gasteiger partial charge in [0.1, 0.15) is 5.60 Å². The molecule has 1 amide bonds. The number of carbonyl (C=O) groups excluding carboxylic acids is 1. The summed E-state index contributed by atoms with van der Waals surface area (Å²) in [6.07, 6.45) is 2.13. The van der Waals surface area contributed by atoms with Gasteiger partial charge in [0.15, 0.2) is 9.84 Å². The number of hydrogen-bond donors (Lipinski definition) is 1. The van der Waals surface area contributed by atoms with Crippen LogP contribution in [0.1, 0.15) is 40.0 Å². The molecule has 0 aromatic carbocycles. The summed E-state index contributed by atoms with van der Waals surface area (Å²) in [5.74, 6) is 0.542. The highest BCUT2D eigenvalue weighted by atomic mass is 32.2. The van der Waals surface area contributed by atoms with Gasteiger partial charge in [0, 0.05) is 25.2 Å². The van der Waals surface area contributed by atoms with Crippen LogP contribution >= 0.6 is 0 Å². The van der Waals surface area contributed by atoms with E-state index in [0.717, 1.165) is 12.8 Å². The molecule has 0 aromatic rings. The number of carbonyl (C=O) groups is 1. The average Bonchev–Trinajstić information content (AvgIpc) is 2.67. The highest BCUT2D eigenvalue weighted by molar-refractivity contribution is 7.91. The van der Waals surface area contributed by atoms with Gasteiger partial charge in [0.2, 0.25) is 0 Å². The molecule has 122 valence electrons. The summed E-state index contributed by atoms with van der Waals surface area (Å²) in [6.45, 7) is 6.90. The van der Waals surface area contributed by atoms with Crippen molar-refractivity contribution in [2.45, 2.75) is 57.7 Å². The standard InChI is InChI=1S/C14H26N2O4S/c1-14(2,3)20-13(17)16-7-4-11(5-8-16)15-12-6-9-21(18,19)10-12/h11-12,15H,4-10H2,1-3H3/t12-/m1/s1. The average molecular weight is 318 g/mol. The third-order valence-electron chi connectivity index (χ3n) is 3.85. The van der Waals surface area contributed by atoms with Crippen LogP contribution in [-0.4, -0.2) is 61.7 Å². The van der Waals surface area contributed by atoms with Gasteiger partial charge in [0.05, 0.1) is 11.5 Å². The largest absolute Gasteiger partial charge is 0.444 e. The quantitative estimate of drug-likeness (QED) is 0.827. The van der Waals surface area contributed by atoms with Crippen molar-refractivity contribution in [3.63, 3.8) is 0 Å². The smallest absolute Gasteiger partial charge is 0.410 e. The van der Waals surface area contributed by atoms with Crippen LogP contribution in [0.2, 0.25) is 0 Å². The summed E-state index contributed by atoms with van der Waals surface area (Å²) in [5, 5.41) is 3.42. The van der Waals surface area contributed by atoms with Gasteiger partial charge < -0.3 is 15.0 Å². The minimum Gasteiger partial charge on any atom is -0.444 e. The van der Waals surface area contributed by atoms with E-state index >= 15 is 0 Å². The molecule has 0 saturated carbocycles. The number of sulfone groups is 1. The second kappa shape index (κ2) is 6.12. The minimum absolute atomic E-state index is 0.0769. The maximum Gasteiger partial charge on any atom is 0.410 e. The second-order valence-electron chi connectivity index (χ2n) is 7.01. The van der Waals surface area contributed by atoms with Crippen molar-refractivity contribution in [1.29, 1.82) is 0 Å². The Balaban J connectivity index is 1.75. The van der Waals surface area contributed by atoms with Crippen LogP contribution in [0.15, 0.2) is 0 Å². The Labute approximate surface area is 127 Å². The SMILES string of the molecule is CC(C)(C)OC(=O)N1CCC(N[C@@H]2CCS(=O)(=O)C2)CC1. The predicted octanol–water partition coefficient (Wildman–Crippen LogP) is 1.16. The molecule has 0 aliphatic carbocycles.